The Morgan fingerprint density at radius 1 is 1.48 bits per heavy atom. The van der Waals surface area contributed by atoms with E-state index in [1.165, 1.54) is 0 Å². The molecule has 1 amide bonds. The van der Waals surface area contributed by atoms with Crippen LogP contribution in [-0.2, 0) is 11.3 Å². The van der Waals surface area contributed by atoms with Crippen molar-refractivity contribution in [3.8, 4) is 6.07 Å². The number of nitrogens with zero attached hydrogens (tertiary/aromatic N) is 3. The van der Waals surface area contributed by atoms with Crippen molar-refractivity contribution in [1.82, 2.24) is 9.47 Å². The minimum Gasteiger partial charge on any atom is -0.467 e. The van der Waals surface area contributed by atoms with E-state index in [1.54, 1.807) is 12.3 Å². The third-order valence-corrected chi connectivity index (χ3v) is 4.32. The number of hydrogen-bond acceptors (Lipinski definition) is 5. The Balaban J connectivity index is 2.27. The molecule has 0 radical (unpaired) electrons. The monoisotopic (exact) mass is 344 g/mol. The summed E-state index contributed by atoms with van der Waals surface area (Å²) >= 11 is 0. The first-order valence-electron chi connectivity index (χ1n) is 8.27. The Bertz CT molecular complexity index is 756. The molecule has 0 aromatic carbocycles. The van der Waals surface area contributed by atoms with Crippen LogP contribution >= 0.6 is 0 Å². The van der Waals surface area contributed by atoms with Gasteiger partial charge in [-0.15, -0.1) is 0 Å². The lowest BCUT2D eigenvalue weighted by molar-refractivity contribution is -0.117. The van der Waals surface area contributed by atoms with E-state index in [-0.39, 0.29) is 19.1 Å². The molecule has 2 aromatic heterocycles. The van der Waals surface area contributed by atoms with Gasteiger partial charge in [0, 0.05) is 12.2 Å². The Morgan fingerprint density at radius 3 is 2.80 bits per heavy atom. The zero-order valence-corrected chi connectivity index (χ0v) is 14.9. The first-order valence-corrected chi connectivity index (χ1v) is 8.27. The third kappa shape index (κ3) is 4.29. The molecule has 7 nitrogen and oxygen atoms in total. The van der Waals surface area contributed by atoms with Crippen molar-refractivity contribution in [3.05, 3.63) is 41.0 Å². The molecule has 7 heteroatoms. The number of rotatable bonds is 8. The molecule has 0 aliphatic heterocycles. The molecule has 0 atom stereocenters. The summed E-state index contributed by atoms with van der Waals surface area (Å²) in [5.74, 6) is 1.01. The van der Waals surface area contributed by atoms with Gasteiger partial charge in [-0.25, -0.2) is 0 Å². The summed E-state index contributed by atoms with van der Waals surface area (Å²) in [6.45, 7) is 7.39. The summed E-state index contributed by atoms with van der Waals surface area (Å²) in [4.78, 5) is 14.3. The normalized spacial score (nSPS) is 10.9. The largest absolute Gasteiger partial charge is 0.467 e. The number of nitriles is 1. The van der Waals surface area contributed by atoms with Crippen molar-refractivity contribution in [2.45, 2.75) is 27.3 Å². The fourth-order valence-corrected chi connectivity index (χ4v) is 2.75. The number of carbonyl (C=O) groups is 1. The molecule has 134 valence electrons. The van der Waals surface area contributed by atoms with Crippen LogP contribution in [0.25, 0.3) is 0 Å². The maximum absolute atomic E-state index is 12.4. The van der Waals surface area contributed by atoms with Gasteiger partial charge in [0.25, 0.3) is 0 Å². The summed E-state index contributed by atoms with van der Waals surface area (Å²) in [5, 5.41) is 21.4. The van der Waals surface area contributed by atoms with Crippen LogP contribution in [0, 0.1) is 25.2 Å². The second-order valence-corrected chi connectivity index (χ2v) is 5.85. The van der Waals surface area contributed by atoms with E-state index in [9.17, 15) is 10.1 Å². The van der Waals surface area contributed by atoms with Crippen LogP contribution in [0.1, 0.15) is 29.5 Å². The molecular weight excluding hydrogens is 320 g/mol. The second kappa shape index (κ2) is 8.51. The van der Waals surface area contributed by atoms with Crippen molar-refractivity contribution >= 4 is 11.7 Å². The molecule has 0 fully saturated rings. The van der Waals surface area contributed by atoms with E-state index in [0.29, 0.717) is 31.0 Å². The molecule has 0 spiro atoms. The van der Waals surface area contributed by atoms with Gasteiger partial charge in [0.05, 0.1) is 31.5 Å². The zero-order valence-electron chi connectivity index (χ0n) is 14.9. The predicted octanol–water partition coefficient (Wildman–Crippen LogP) is 1.87. The van der Waals surface area contributed by atoms with Gasteiger partial charge in [-0.05, 0) is 38.1 Å². The third-order valence-electron chi connectivity index (χ3n) is 4.32. The number of furan rings is 1. The Hall–Kier alpha value is -2.56. The van der Waals surface area contributed by atoms with Gasteiger partial charge < -0.3 is 19.4 Å². The van der Waals surface area contributed by atoms with E-state index >= 15 is 0 Å². The maximum Gasteiger partial charge on any atom is 0.239 e. The summed E-state index contributed by atoms with van der Waals surface area (Å²) in [5.41, 5.74) is 2.21. The van der Waals surface area contributed by atoms with E-state index in [2.05, 4.69) is 11.4 Å². The van der Waals surface area contributed by atoms with Gasteiger partial charge in [0.2, 0.25) is 5.91 Å². The first-order chi connectivity index (χ1) is 12.0. The van der Waals surface area contributed by atoms with Gasteiger partial charge in [0.15, 0.2) is 0 Å². The van der Waals surface area contributed by atoms with Crippen LogP contribution < -0.4 is 5.32 Å². The van der Waals surface area contributed by atoms with Crippen LogP contribution in [0.15, 0.2) is 22.8 Å². The number of anilines is 1. The molecule has 2 N–H and O–H groups in total. The van der Waals surface area contributed by atoms with Crippen LogP contribution in [0.3, 0.4) is 0 Å². The quantitative estimate of drug-likeness (QED) is 0.762. The van der Waals surface area contributed by atoms with Crippen LogP contribution in [0.2, 0.25) is 0 Å². The summed E-state index contributed by atoms with van der Waals surface area (Å²) < 4.78 is 7.28. The van der Waals surface area contributed by atoms with Crippen LogP contribution in [0.4, 0.5) is 5.82 Å². The summed E-state index contributed by atoms with van der Waals surface area (Å²) in [7, 11) is 0. The second-order valence-electron chi connectivity index (χ2n) is 5.85. The van der Waals surface area contributed by atoms with E-state index in [0.717, 1.165) is 17.0 Å². The van der Waals surface area contributed by atoms with Crippen molar-refractivity contribution < 1.29 is 14.3 Å². The zero-order chi connectivity index (χ0) is 18.4. The highest BCUT2D eigenvalue weighted by atomic mass is 16.3. The van der Waals surface area contributed by atoms with Gasteiger partial charge in [-0.3, -0.25) is 9.69 Å². The molecule has 2 aromatic rings. The van der Waals surface area contributed by atoms with Gasteiger partial charge in [-0.2, -0.15) is 5.26 Å². The fourth-order valence-electron chi connectivity index (χ4n) is 2.75. The summed E-state index contributed by atoms with van der Waals surface area (Å²) in [6.07, 6.45) is 1.60. The fraction of sp³-hybridized carbons (Fsp3) is 0.444. The number of aliphatic hydroxyl groups is 1. The van der Waals surface area contributed by atoms with Crippen LogP contribution in [-0.4, -0.2) is 46.7 Å². The number of amides is 1. The highest BCUT2D eigenvalue weighted by Crippen LogP contribution is 2.27. The Morgan fingerprint density at radius 2 is 2.24 bits per heavy atom. The number of aliphatic hydroxyl groups excluding tert-OH is 1. The lowest BCUT2D eigenvalue weighted by atomic mass is 10.2. The molecule has 0 aliphatic carbocycles. The Kier molecular flexibility index (Phi) is 6.39. The molecule has 0 saturated carbocycles. The molecule has 2 rings (SSSR count). The average Bonchev–Trinajstić information content (AvgIpc) is 3.18. The maximum atomic E-state index is 12.4. The molecule has 0 saturated heterocycles. The topological polar surface area (TPSA) is 94.4 Å². The standard InChI is InChI=1S/C18H24N4O3/c1-4-21(7-8-23)12-17(24)20-18-16(10-19)13(2)14(3)22(18)11-15-6-5-9-25-15/h5-6,9,23H,4,7-8,11-12H2,1-3H3,(H,20,24). The van der Waals surface area contributed by atoms with E-state index in [1.807, 2.05) is 36.3 Å². The lowest BCUT2D eigenvalue weighted by Gasteiger charge is -2.19. The molecular formula is C18H24N4O3. The molecule has 0 aliphatic rings. The first kappa shape index (κ1) is 18.8. The SMILES string of the molecule is CCN(CCO)CC(=O)Nc1c(C#N)c(C)c(C)n1Cc1ccco1. The minimum absolute atomic E-state index is 0.00233. The van der Waals surface area contributed by atoms with Crippen molar-refractivity contribution in [2.24, 2.45) is 0 Å². The number of likely N-dealkylation sites (N-methyl/N-ethyl adjacent to an activating group) is 1. The smallest absolute Gasteiger partial charge is 0.239 e. The number of carbonyl (C=O) groups excluding carboxylic acids is 1. The summed E-state index contributed by atoms with van der Waals surface area (Å²) in [6, 6.07) is 5.84. The molecule has 0 bridgehead atoms. The van der Waals surface area contributed by atoms with Gasteiger partial charge >= 0.3 is 0 Å². The highest BCUT2D eigenvalue weighted by Gasteiger charge is 2.21. The number of hydrogen-bond donors (Lipinski definition) is 2. The molecule has 0 unspecified atom stereocenters. The Labute approximate surface area is 147 Å². The molecule has 2 heterocycles. The highest BCUT2D eigenvalue weighted by molar-refractivity contribution is 5.93. The van der Waals surface area contributed by atoms with E-state index < -0.39 is 0 Å². The van der Waals surface area contributed by atoms with E-state index in [4.69, 9.17) is 9.52 Å². The van der Waals surface area contributed by atoms with Crippen molar-refractivity contribution in [1.29, 1.82) is 5.26 Å². The number of aromatic nitrogens is 1. The van der Waals surface area contributed by atoms with Crippen LogP contribution in [0.5, 0.6) is 0 Å². The number of nitrogens with one attached hydrogen (secondary N) is 1. The minimum atomic E-state index is -0.218. The lowest BCUT2D eigenvalue weighted by Crippen LogP contribution is -2.35. The average molecular weight is 344 g/mol. The predicted molar refractivity (Wildman–Crippen MR) is 94.3 cm³/mol. The van der Waals surface area contributed by atoms with Crippen molar-refractivity contribution in [3.63, 3.8) is 0 Å². The molecule has 25 heavy (non-hydrogen) atoms. The van der Waals surface area contributed by atoms with Gasteiger partial charge in [-0.1, -0.05) is 6.92 Å². The van der Waals surface area contributed by atoms with Crippen molar-refractivity contribution in [2.75, 3.05) is 31.6 Å². The van der Waals surface area contributed by atoms with Gasteiger partial charge in [0.1, 0.15) is 17.6 Å².